The smallest absolute Gasteiger partial charge is 0.255 e. The van der Waals surface area contributed by atoms with Crippen LogP contribution in [0.2, 0.25) is 0 Å². The summed E-state index contributed by atoms with van der Waals surface area (Å²) in [5.74, 6) is 1.03. The van der Waals surface area contributed by atoms with E-state index in [2.05, 4.69) is 14.9 Å². The predicted molar refractivity (Wildman–Crippen MR) is 76.6 cm³/mol. The Balaban J connectivity index is 1.63. The van der Waals surface area contributed by atoms with Gasteiger partial charge in [-0.15, -0.1) is 0 Å². The Bertz CT molecular complexity index is 565. The number of aromatic nitrogens is 2. The molecule has 0 spiro atoms. The molecule has 0 unspecified atom stereocenters. The number of carbonyl (C=O) groups is 1. The van der Waals surface area contributed by atoms with E-state index in [0.29, 0.717) is 18.7 Å². The molecule has 1 amide bonds. The lowest BCUT2D eigenvalue weighted by atomic mass is 10.2. The Morgan fingerprint density at radius 2 is 1.85 bits per heavy atom. The van der Waals surface area contributed by atoms with Crippen LogP contribution in [0.15, 0.2) is 48.9 Å². The van der Waals surface area contributed by atoms with Gasteiger partial charge in [0, 0.05) is 44.8 Å². The van der Waals surface area contributed by atoms with Gasteiger partial charge in [0.1, 0.15) is 5.82 Å². The van der Waals surface area contributed by atoms with E-state index in [-0.39, 0.29) is 5.91 Å². The van der Waals surface area contributed by atoms with Crippen molar-refractivity contribution in [3.05, 3.63) is 54.5 Å². The Kier molecular flexibility index (Phi) is 3.58. The molecular formula is C15H16N4O. The molecule has 3 heterocycles. The number of pyridine rings is 2. The highest BCUT2D eigenvalue weighted by atomic mass is 16.2. The fourth-order valence-corrected chi connectivity index (χ4v) is 2.35. The fourth-order valence-electron chi connectivity index (χ4n) is 2.35. The molecule has 0 aliphatic carbocycles. The lowest BCUT2D eigenvalue weighted by Crippen LogP contribution is -2.49. The van der Waals surface area contributed by atoms with Gasteiger partial charge in [-0.25, -0.2) is 4.98 Å². The number of carbonyl (C=O) groups excluding carboxylic acids is 1. The first kappa shape index (κ1) is 12.6. The van der Waals surface area contributed by atoms with Crippen molar-refractivity contribution >= 4 is 11.7 Å². The largest absolute Gasteiger partial charge is 0.353 e. The molecule has 2 aromatic rings. The summed E-state index contributed by atoms with van der Waals surface area (Å²) >= 11 is 0. The maximum Gasteiger partial charge on any atom is 0.255 e. The average Bonchev–Trinajstić information content (AvgIpc) is 2.56. The second-order valence-corrected chi connectivity index (χ2v) is 4.71. The Morgan fingerprint density at radius 1 is 1.00 bits per heavy atom. The van der Waals surface area contributed by atoms with Gasteiger partial charge in [-0.05, 0) is 24.3 Å². The number of piperazine rings is 1. The zero-order valence-corrected chi connectivity index (χ0v) is 11.1. The monoisotopic (exact) mass is 268 g/mol. The van der Waals surface area contributed by atoms with Crippen molar-refractivity contribution in [2.24, 2.45) is 0 Å². The summed E-state index contributed by atoms with van der Waals surface area (Å²) in [5.41, 5.74) is 0.652. The summed E-state index contributed by atoms with van der Waals surface area (Å²) in [4.78, 5) is 24.7. The van der Waals surface area contributed by atoms with E-state index in [1.165, 1.54) is 0 Å². The lowest BCUT2D eigenvalue weighted by Gasteiger charge is -2.35. The number of nitrogens with zero attached hydrogens (tertiary/aromatic N) is 4. The molecule has 0 radical (unpaired) electrons. The van der Waals surface area contributed by atoms with Crippen molar-refractivity contribution < 1.29 is 4.79 Å². The van der Waals surface area contributed by atoms with E-state index >= 15 is 0 Å². The molecule has 5 nitrogen and oxygen atoms in total. The van der Waals surface area contributed by atoms with Gasteiger partial charge in [-0.1, -0.05) is 6.07 Å². The topological polar surface area (TPSA) is 49.3 Å². The highest BCUT2D eigenvalue weighted by Crippen LogP contribution is 2.14. The third kappa shape index (κ3) is 2.61. The van der Waals surface area contributed by atoms with E-state index in [1.54, 1.807) is 30.7 Å². The fraction of sp³-hybridized carbons (Fsp3) is 0.267. The molecule has 1 saturated heterocycles. The summed E-state index contributed by atoms with van der Waals surface area (Å²) in [7, 11) is 0. The molecule has 1 fully saturated rings. The van der Waals surface area contributed by atoms with Crippen LogP contribution in [0.3, 0.4) is 0 Å². The Morgan fingerprint density at radius 3 is 2.50 bits per heavy atom. The van der Waals surface area contributed by atoms with E-state index in [1.807, 2.05) is 23.1 Å². The zero-order valence-electron chi connectivity index (χ0n) is 11.1. The van der Waals surface area contributed by atoms with Gasteiger partial charge < -0.3 is 9.80 Å². The molecule has 0 atom stereocenters. The third-order valence-electron chi connectivity index (χ3n) is 3.45. The van der Waals surface area contributed by atoms with Gasteiger partial charge in [0.2, 0.25) is 0 Å². The number of hydrogen-bond acceptors (Lipinski definition) is 4. The zero-order chi connectivity index (χ0) is 13.8. The summed E-state index contributed by atoms with van der Waals surface area (Å²) in [5, 5.41) is 0. The molecule has 1 aliphatic heterocycles. The van der Waals surface area contributed by atoms with Crippen LogP contribution in [0, 0.1) is 0 Å². The molecule has 1 aliphatic rings. The molecule has 0 bridgehead atoms. The molecule has 0 saturated carbocycles. The molecular weight excluding hydrogens is 252 g/mol. The first-order chi connectivity index (χ1) is 9.84. The van der Waals surface area contributed by atoms with Crippen molar-refractivity contribution in [3.63, 3.8) is 0 Å². The number of rotatable bonds is 2. The van der Waals surface area contributed by atoms with Crippen LogP contribution in [0.5, 0.6) is 0 Å². The SMILES string of the molecule is O=C(c1cccnc1)N1CCN(c2ccccn2)CC1. The van der Waals surface area contributed by atoms with Crippen molar-refractivity contribution in [2.45, 2.75) is 0 Å². The number of hydrogen-bond donors (Lipinski definition) is 0. The van der Waals surface area contributed by atoms with Gasteiger partial charge in [-0.2, -0.15) is 0 Å². The summed E-state index contributed by atoms with van der Waals surface area (Å²) in [6.07, 6.45) is 5.09. The summed E-state index contributed by atoms with van der Waals surface area (Å²) < 4.78 is 0. The van der Waals surface area contributed by atoms with Crippen LogP contribution in [0.1, 0.15) is 10.4 Å². The molecule has 102 valence electrons. The quantitative estimate of drug-likeness (QED) is 0.827. The van der Waals surface area contributed by atoms with Crippen LogP contribution in [-0.2, 0) is 0 Å². The van der Waals surface area contributed by atoms with Gasteiger partial charge in [-0.3, -0.25) is 9.78 Å². The highest BCUT2D eigenvalue weighted by molar-refractivity contribution is 5.94. The second kappa shape index (κ2) is 5.69. The van der Waals surface area contributed by atoms with E-state index in [0.717, 1.165) is 18.9 Å². The van der Waals surface area contributed by atoms with E-state index < -0.39 is 0 Å². The molecule has 3 rings (SSSR count). The Hall–Kier alpha value is -2.43. The molecule has 0 aromatic carbocycles. The van der Waals surface area contributed by atoms with Crippen molar-refractivity contribution in [1.29, 1.82) is 0 Å². The minimum Gasteiger partial charge on any atom is -0.353 e. The van der Waals surface area contributed by atoms with Crippen molar-refractivity contribution in [1.82, 2.24) is 14.9 Å². The maximum atomic E-state index is 12.3. The molecule has 2 aromatic heterocycles. The van der Waals surface area contributed by atoms with Crippen LogP contribution in [-0.4, -0.2) is 47.0 Å². The van der Waals surface area contributed by atoms with Crippen molar-refractivity contribution in [3.8, 4) is 0 Å². The van der Waals surface area contributed by atoms with Crippen molar-refractivity contribution in [2.75, 3.05) is 31.1 Å². The van der Waals surface area contributed by atoms with Crippen LogP contribution in [0.25, 0.3) is 0 Å². The first-order valence-electron chi connectivity index (χ1n) is 6.70. The lowest BCUT2D eigenvalue weighted by molar-refractivity contribution is 0.0746. The summed E-state index contributed by atoms with van der Waals surface area (Å²) in [6, 6.07) is 9.48. The highest BCUT2D eigenvalue weighted by Gasteiger charge is 2.22. The van der Waals surface area contributed by atoms with Gasteiger partial charge in [0.25, 0.3) is 5.91 Å². The first-order valence-corrected chi connectivity index (χ1v) is 6.70. The maximum absolute atomic E-state index is 12.3. The standard InChI is InChI=1S/C15H16N4O/c20-15(13-4-3-6-16-12-13)19-10-8-18(9-11-19)14-5-1-2-7-17-14/h1-7,12H,8-11H2. The summed E-state index contributed by atoms with van der Waals surface area (Å²) in [6.45, 7) is 3.04. The van der Waals surface area contributed by atoms with Crippen LogP contribution >= 0.6 is 0 Å². The normalized spacial score (nSPS) is 15.2. The molecule has 20 heavy (non-hydrogen) atoms. The minimum absolute atomic E-state index is 0.0544. The predicted octanol–water partition coefficient (Wildman–Crippen LogP) is 1.44. The van der Waals surface area contributed by atoms with Crippen LogP contribution in [0.4, 0.5) is 5.82 Å². The number of amides is 1. The average molecular weight is 268 g/mol. The number of anilines is 1. The van der Waals surface area contributed by atoms with Gasteiger partial charge in [0.05, 0.1) is 5.56 Å². The van der Waals surface area contributed by atoms with E-state index in [4.69, 9.17) is 0 Å². The minimum atomic E-state index is 0.0544. The Labute approximate surface area is 117 Å². The molecule has 5 heteroatoms. The molecule has 0 N–H and O–H groups in total. The third-order valence-corrected chi connectivity index (χ3v) is 3.45. The van der Waals surface area contributed by atoms with Gasteiger partial charge in [0.15, 0.2) is 0 Å². The van der Waals surface area contributed by atoms with Gasteiger partial charge >= 0.3 is 0 Å². The second-order valence-electron chi connectivity index (χ2n) is 4.71. The van der Waals surface area contributed by atoms with Crippen LogP contribution < -0.4 is 4.90 Å². The van der Waals surface area contributed by atoms with E-state index in [9.17, 15) is 4.79 Å².